The van der Waals surface area contributed by atoms with Crippen molar-refractivity contribution in [3.8, 4) is 6.07 Å². The van der Waals surface area contributed by atoms with Crippen molar-refractivity contribution < 1.29 is 4.79 Å². The van der Waals surface area contributed by atoms with Gasteiger partial charge in [-0.1, -0.05) is 32.0 Å². The molecule has 0 spiro atoms. The third-order valence-electron chi connectivity index (χ3n) is 5.38. The first-order valence-corrected chi connectivity index (χ1v) is 9.39. The van der Waals surface area contributed by atoms with Crippen LogP contribution in [0.25, 0.3) is 0 Å². The molecule has 5 nitrogen and oxygen atoms in total. The lowest BCUT2D eigenvalue weighted by Crippen LogP contribution is -2.44. The molecule has 0 radical (unpaired) electrons. The molecule has 1 aromatic rings. The number of rotatable bonds is 6. The molecule has 1 amide bonds. The fraction of sp³-hybridized carbons (Fsp3) is 0.524. The van der Waals surface area contributed by atoms with Crippen LogP contribution in [0, 0.1) is 11.3 Å². The number of hydrogen-bond donors (Lipinski definition) is 1. The van der Waals surface area contributed by atoms with E-state index >= 15 is 0 Å². The summed E-state index contributed by atoms with van der Waals surface area (Å²) in [5.41, 5.74) is 2.29. The zero-order valence-corrected chi connectivity index (χ0v) is 16.3. The smallest absolute Gasteiger partial charge is 0.266 e. The number of likely N-dealkylation sites (N-methyl/N-ethyl adjacent to an activating group) is 1. The van der Waals surface area contributed by atoms with Gasteiger partial charge >= 0.3 is 0 Å². The highest BCUT2D eigenvalue weighted by atomic mass is 16.2. The second kappa shape index (κ2) is 9.40. The summed E-state index contributed by atoms with van der Waals surface area (Å²) in [6.07, 6.45) is 4.48. The molecule has 0 bridgehead atoms. The number of likely N-dealkylation sites (tertiary alicyclic amines) is 1. The maximum atomic E-state index is 12.7. The van der Waals surface area contributed by atoms with E-state index in [2.05, 4.69) is 43.2 Å². The van der Waals surface area contributed by atoms with Gasteiger partial charge < -0.3 is 15.1 Å². The largest absolute Gasteiger partial charge is 0.360 e. The molecule has 0 aliphatic carbocycles. The molecule has 2 rings (SSSR count). The molecule has 1 atom stereocenters. The van der Waals surface area contributed by atoms with E-state index in [-0.39, 0.29) is 17.5 Å². The lowest BCUT2D eigenvalue weighted by molar-refractivity contribution is -0.128. The van der Waals surface area contributed by atoms with Gasteiger partial charge in [0.15, 0.2) is 0 Å². The van der Waals surface area contributed by atoms with Gasteiger partial charge in [0.2, 0.25) is 0 Å². The molecule has 1 aromatic carbocycles. The lowest BCUT2D eigenvalue weighted by Gasteiger charge is -2.35. The van der Waals surface area contributed by atoms with Gasteiger partial charge in [-0.2, -0.15) is 5.26 Å². The molecule has 1 aliphatic rings. The van der Waals surface area contributed by atoms with Gasteiger partial charge in [-0.15, -0.1) is 0 Å². The van der Waals surface area contributed by atoms with E-state index in [1.54, 1.807) is 18.1 Å². The molecule has 1 aliphatic heterocycles. The number of carbonyl (C=O) groups is 1. The van der Waals surface area contributed by atoms with Crippen molar-refractivity contribution in [3.05, 3.63) is 41.6 Å². The van der Waals surface area contributed by atoms with Gasteiger partial charge in [-0.05, 0) is 56.9 Å². The molecule has 1 heterocycles. The summed E-state index contributed by atoms with van der Waals surface area (Å²) < 4.78 is 0. The number of carbonyl (C=O) groups excluding carboxylic acids is 1. The Morgan fingerprint density at radius 2 is 2.08 bits per heavy atom. The van der Waals surface area contributed by atoms with Gasteiger partial charge in [-0.3, -0.25) is 4.79 Å². The highest BCUT2D eigenvalue weighted by Gasteiger charge is 2.26. The number of nitrogens with one attached hydrogen (secondary N) is 1. The van der Waals surface area contributed by atoms with E-state index in [1.807, 2.05) is 18.2 Å². The number of nitrogens with zero attached hydrogens (tertiary/aromatic N) is 3. The zero-order valence-electron chi connectivity index (χ0n) is 16.3. The van der Waals surface area contributed by atoms with Crippen LogP contribution in [0.2, 0.25) is 0 Å². The molecule has 5 heteroatoms. The molecule has 140 valence electrons. The summed E-state index contributed by atoms with van der Waals surface area (Å²) in [6, 6.07) is 10.3. The molecule has 1 saturated heterocycles. The van der Waals surface area contributed by atoms with Gasteiger partial charge in [0.05, 0.1) is 0 Å². The Kier molecular flexibility index (Phi) is 7.23. The van der Waals surface area contributed by atoms with E-state index in [1.165, 1.54) is 5.56 Å². The van der Waals surface area contributed by atoms with Crippen molar-refractivity contribution in [1.82, 2.24) is 9.80 Å². The summed E-state index contributed by atoms with van der Waals surface area (Å²) in [7, 11) is 3.90. The summed E-state index contributed by atoms with van der Waals surface area (Å²) in [4.78, 5) is 16.7. The van der Waals surface area contributed by atoms with Gasteiger partial charge in [0.1, 0.15) is 11.6 Å². The normalized spacial score (nSPS) is 17.4. The van der Waals surface area contributed by atoms with Crippen molar-refractivity contribution in [2.45, 2.75) is 45.1 Å². The Balaban J connectivity index is 2.11. The average molecular weight is 354 g/mol. The molecule has 1 fully saturated rings. The first kappa shape index (κ1) is 20.0. The standard InChI is InChI=1S/C21H30N4O/c1-5-16(2)19-8-6-7-9-20(19)23-15-17(14-22)21(26)25(4)18-10-12-24(3)13-11-18/h6-9,15-16,18,23H,5,10-13H2,1-4H3/b17-15-. The summed E-state index contributed by atoms with van der Waals surface area (Å²) in [5.74, 6) is 0.200. The minimum absolute atomic E-state index is 0.144. The summed E-state index contributed by atoms with van der Waals surface area (Å²) >= 11 is 0. The predicted molar refractivity (Wildman–Crippen MR) is 106 cm³/mol. The van der Waals surface area contributed by atoms with Crippen LogP contribution in [0.15, 0.2) is 36.0 Å². The SMILES string of the molecule is CCC(C)c1ccccc1N/C=C(/C#N)C(=O)N(C)C1CCN(C)CC1. The van der Waals surface area contributed by atoms with Crippen molar-refractivity contribution in [2.75, 3.05) is 32.5 Å². The number of amides is 1. The highest BCUT2D eigenvalue weighted by Crippen LogP contribution is 2.26. The van der Waals surface area contributed by atoms with Crippen LogP contribution >= 0.6 is 0 Å². The Hall–Kier alpha value is -2.32. The molecule has 0 saturated carbocycles. The molecule has 1 unspecified atom stereocenters. The van der Waals surface area contributed by atoms with Crippen molar-refractivity contribution in [1.29, 1.82) is 5.26 Å². The second-order valence-electron chi connectivity index (χ2n) is 7.16. The number of anilines is 1. The fourth-order valence-electron chi connectivity index (χ4n) is 3.31. The second-order valence-corrected chi connectivity index (χ2v) is 7.16. The molecule has 26 heavy (non-hydrogen) atoms. The predicted octanol–water partition coefficient (Wildman–Crippen LogP) is 3.57. The first-order chi connectivity index (χ1) is 12.5. The molecule has 0 aromatic heterocycles. The summed E-state index contributed by atoms with van der Waals surface area (Å²) in [6.45, 7) is 6.29. The Morgan fingerprint density at radius 3 is 2.69 bits per heavy atom. The monoisotopic (exact) mass is 354 g/mol. The summed E-state index contributed by atoms with van der Waals surface area (Å²) in [5, 5.41) is 12.7. The molecular weight excluding hydrogens is 324 g/mol. The Bertz CT molecular complexity index is 683. The van der Waals surface area contributed by atoms with Gasteiger partial charge in [0, 0.05) is 25.0 Å². The van der Waals surface area contributed by atoms with Crippen LogP contribution in [-0.4, -0.2) is 48.9 Å². The fourth-order valence-corrected chi connectivity index (χ4v) is 3.31. The lowest BCUT2D eigenvalue weighted by atomic mass is 9.97. The number of nitriles is 1. The van der Waals surface area contributed by atoms with Crippen LogP contribution in [0.3, 0.4) is 0 Å². The van der Waals surface area contributed by atoms with E-state index in [9.17, 15) is 10.1 Å². The topological polar surface area (TPSA) is 59.4 Å². The Morgan fingerprint density at radius 1 is 1.42 bits per heavy atom. The third-order valence-corrected chi connectivity index (χ3v) is 5.38. The third kappa shape index (κ3) is 4.86. The quantitative estimate of drug-likeness (QED) is 0.627. The van der Waals surface area contributed by atoms with Gasteiger partial charge in [0.25, 0.3) is 5.91 Å². The minimum Gasteiger partial charge on any atom is -0.360 e. The van der Waals surface area contributed by atoms with E-state index in [4.69, 9.17) is 0 Å². The molecule has 1 N–H and O–H groups in total. The maximum Gasteiger partial charge on any atom is 0.266 e. The van der Waals surface area contributed by atoms with Crippen LogP contribution < -0.4 is 5.32 Å². The van der Waals surface area contributed by atoms with Crippen molar-refractivity contribution >= 4 is 11.6 Å². The van der Waals surface area contributed by atoms with Crippen molar-refractivity contribution in [2.24, 2.45) is 0 Å². The number of piperidine rings is 1. The minimum atomic E-state index is -0.212. The average Bonchev–Trinajstić information content (AvgIpc) is 2.68. The van der Waals surface area contributed by atoms with E-state index < -0.39 is 0 Å². The van der Waals surface area contributed by atoms with Crippen LogP contribution in [0.4, 0.5) is 5.69 Å². The van der Waals surface area contributed by atoms with Gasteiger partial charge in [-0.25, -0.2) is 0 Å². The highest BCUT2D eigenvalue weighted by molar-refractivity contribution is 5.97. The molecular formula is C21H30N4O. The number of benzene rings is 1. The van der Waals surface area contributed by atoms with Crippen molar-refractivity contribution in [3.63, 3.8) is 0 Å². The van der Waals surface area contributed by atoms with E-state index in [0.29, 0.717) is 5.92 Å². The van der Waals surface area contributed by atoms with Crippen LogP contribution in [0.5, 0.6) is 0 Å². The maximum absolute atomic E-state index is 12.7. The first-order valence-electron chi connectivity index (χ1n) is 9.39. The number of hydrogen-bond acceptors (Lipinski definition) is 4. The zero-order chi connectivity index (χ0) is 19.1. The van der Waals surface area contributed by atoms with E-state index in [0.717, 1.165) is 38.0 Å². The van der Waals surface area contributed by atoms with Crippen LogP contribution in [-0.2, 0) is 4.79 Å². The van der Waals surface area contributed by atoms with Crippen LogP contribution in [0.1, 0.15) is 44.6 Å². The Labute approximate surface area is 157 Å². The number of para-hydroxylation sites is 1.